The third-order valence-corrected chi connectivity index (χ3v) is 4.61. The van der Waals surface area contributed by atoms with Crippen molar-refractivity contribution >= 4 is 27.9 Å². The van der Waals surface area contributed by atoms with Crippen molar-refractivity contribution in [2.45, 2.75) is 32.7 Å². The number of nitro benzene ring substituents is 1. The molecule has 1 amide bonds. The Kier molecular flexibility index (Phi) is 4.30. The number of nitrogens with zero attached hydrogens (tertiary/aromatic N) is 3. The number of fused-ring (bicyclic) bond motifs is 1. The molecule has 0 fully saturated rings. The molecule has 0 aliphatic heterocycles. The van der Waals surface area contributed by atoms with Crippen molar-refractivity contribution in [3.8, 4) is 0 Å². The highest BCUT2D eigenvalue weighted by molar-refractivity contribution is 7.15. The van der Waals surface area contributed by atoms with Crippen LogP contribution >= 0.6 is 11.3 Å². The molecule has 0 aliphatic carbocycles. The zero-order valence-electron chi connectivity index (χ0n) is 14.1. The predicted octanol–water partition coefficient (Wildman–Crippen LogP) is 3.53. The number of hydrogen-bond donors (Lipinski definition) is 1. The second-order valence-electron chi connectivity index (χ2n) is 6.75. The van der Waals surface area contributed by atoms with Gasteiger partial charge in [0.1, 0.15) is 0 Å². The molecule has 0 spiro atoms. The van der Waals surface area contributed by atoms with Gasteiger partial charge in [-0.05, 0) is 11.5 Å². The van der Waals surface area contributed by atoms with Crippen molar-refractivity contribution in [2.24, 2.45) is 0 Å². The summed E-state index contributed by atoms with van der Waals surface area (Å²) in [4.78, 5) is 28.5. The van der Waals surface area contributed by atoms with E-state index in [0.717, 1.165) is 10.7 Å². The molecule has 0 unspecified atom stereocenters. The summed E-state index contributed by atoms with van der Waals surface area (Å²) in [5.41, 5.74) is 1.19. The molecule has 130 valence electrons. The van der Waals surface area contributed by atoms with Gasteiger partial charge in [-0.1, -0.05) is 26.8 Å². The average molecular weight is 358 g/mol. The van der Waals surface area contributed by atoms with Gasteiger partial charge in [0.2, 0.25) is 0 Å². The molecule has 0 radical (unpaired) electrons. The molecule has 0 bridgehead atoms. The fourth-order valence-corrected chi connectivity index (χ4v) is 3.31. The van der Waals surface area contributed by atoms with E-state index < -0.39 is 4.92 Å². The number of carbonyl (C=O) groups excluding carboxylic acids is 1. The van der Waals surface area contributed by atoms with Gasteiger partial charge in [-0.25, -0.2) is 4.98 Å². The number of imidazole rings is 1. The first-order valence-electron chi connectivity index (χ1n) is 7.74. The van der Waals surface area contributed by atoms with Crippen LogP contribution in [0.5, 0.6) is 0 Å². The molecule has 0 saturated carbocycles. The number of aromatic nitrogens is 2. The van der Waals surface area contributed by atoms with E-state index in [1.807, 2.05) is 42.9 Å². The Balaban J connectivity index is 1.78. The van der Waals surface area contributed by atoms with E-state index in [1.54, 1.807) is 12.1 Å². The Morgan fingerprint density at radius 1 is 1.40 bits per heavy atom. The summed E-state index contributed by atoms with van der Waals surface area (Å²) in [5, 5.41) is 16.0. The fraction of sp³-hybridized carbons (Fsp3) is 0.294. The zero-order valence-corrected chi connectivity index (χ0v) is 15.0. The van der Waals surface area contributed by atoms with Crippen molar-refractivity contribution in [3.63, 3.8) is 0 Å². The quantitative estimate of drug-likeness (QED) is 0.571. The monoisotopic (exact) mass is 358 g/mol. The number of thiazole rings is 1. The SMILES string of the molecule is CC(C)(C)c1ccc(C(=O)NCc2cn3ccsc3n2)cc1[N+](=O)[O-]. The second kappa shape index (κ2) is 6.29. The number of nitro groups is 1. The second-order valence-corrected chi connectivity index (χ2v) is 7.62. The van der Waals surface area contributed by atoms with Crippen molar-refractivity contribution in [1.29, 1.82) is 0 Å². The lowest BCUT2D eigenvalue weighted by Crippen LogP contribution is -2.23. The van der Waals surface area contributed by atoms with Crippen molar-refractivity contribution in [3.05, 3.63) is 62.9 Å². The van der Waals surface area contributed by atoms with Crippen molar-refractivity contribution < 1.29 is 9.72 Å². The fourth-order valence-electron chi connectivity index (χ4n) is 2.59. The van der Waals surface area contributed by atoms with Gasteiger partial charge >= 0.3 is 0 Å². The van der Waals surface area contributed by atoms with Gasteiger partial charge < -0.3 is 5.32 Å². The van der Waals surface area contributed by atoms with E-state index in [2.05, 4.69) is 10.3 Å². The lowest BCUT2D eigenvalue weighted by Gasteiger charge is -2.19. The summed E-state index contributed by atoms with van der Waals surface area (Å²) in [6.07, 6.45) is 3.74. The van der Waals surface area contributed by atoms with Gasteiger partial charge in [0, 0.05) is 35.0 Å². The highest BCUT2D eigenvalue weighted by Crippen LogP contribution is 2.31. The van der Waals surface area contributed by atoms with Crippen LogP contribution in [-0.4, -0.2) is 20.2 Å². The number of benzene rings is 1. The normalized spacial score (nSPS) is 11.6. The number of hydrogen-bond acceptors (Lipinski definition) is 5. The van der Waals surface area contributed by atoms with Crippen LogP contribution in [0.2, 0.25) is 0 Å². The van der Waals surface area contributed by atoms with Gasteiger partial charge in [0.05, 0.1) is 17.2 Å². The van der Waals surface area contributed by atoms with Crippen LogP contribution in [0.25, 0.3) is 4.96 Å². The predicted molar refractivity (Wildman–Crippen MR) is 96.0 cm³/mol. The first kappa shape index (κ1) is 17.1. The van der Waals surface area contributed by atoms with Crippen molar-refractivity contribution in [1.82, 2.24) is 14.7 Å². The van der Waals surface area contributed by atoms with E-state index in [-0.39, 0.29) is 29.1 Å². The van der Waals surface area contributed by atoms with Gasteiger partial charge in [0.15, 0.2) is 4.96 Å². The van der Waals surface area contributed by atoms with Gasteiger partial charge in [0.25, 0.3) is 11.6 Å². The Morgan fingerprint density at radius 2 is 2.16 bits per heavy atom. The number of amides is 1. The van der Waals surface area contributed by atoms with Crippen LogP contribution in [0.1, 0.15) is 42.4 Å². The van der Waals surface area contributed by atoms with Crippen LogP contribution in [-0.2, 0) is 12.0 Å². The molecular weight excluding hydrogens is 340 g/mol. The van der Waals surface area contributed by atoms with E-state index in [1.165, 1.54) is 17.4 Å². The molecule has 0 atom stereocenters. The zero-order chi connectivity index (χ0) is 18.2. The summed E-state index contributed by atoms with van der Waals surface area (Å²) in [7, 11) is 0. The minimum absolute atomic E-state index is 0.0392. The summed E-state index contributed by atoms with van der Waals surface area (Å²) in [6, 6.07) is 4.61. The molecule has 0 aliphatic rings. The van der Waals surface area contributed by atoms with Crippen LogP contribution in [0.15, 0.2) is 36.0 Å². The van der Waals surface area contributed by atoms with Crippen LogP contribution in [0.3, 0.4) is 0 Å². The molecule has 3 rings (SSSR count). The molecule has 7 nitrogen and oxygen atoms in total. The van der Waals surface area contributed by atoms with E-state index >= 15 is 0 Å². The lowest BCUT2D eigenvalue weighted by atomic mass is 9.85. The first-order chi connectivity index (χ1) is 11.8. The minimum Gasteiger partial charge on any atom is -0.346 e. The van der Waals surface area contributed by atoms with E-state index in [0.29, 0.717) is 5.56 Å². The standard InChI is InChI=1S/C17H18N4O3S/c1-17(2,3)13-5-4-11(8-14(13)21(23)24)15(22)18-9-12-10-20-6-7-25-16(20)19-12/h4-8,10H,9H2,1-3H3,(H,18,22). The topological polar surface area (TPSA) is 89.5 Å². The molecule has 1 N–H and O–H groups in total. The lowest BCUT2D eigenvalue weighted by molar-refractivity contribution is -0.386. The number of rotatable bonds is 4. The summed E-state index contributed by atoms with van der Waals surface area (Å²) >= 11 is 1.51. The molecule has 2 heterocycles. The maximum Gasteiger partial charge on any atom is 0.273 e. The van der Waals surface area contributed by atoms with Crippen molar-refractivity contribution in [2.75, 3.05) is 0 Å². The van der Waals surface area contributed by atoms with E-state index in [4.69, 9.17) is 0 Å². The Morgan fingerprint density at radius 3 is 2.80 bits per heavy atom. The minimum atomic E-state index is -0.444. The summed E-state index contributed by atoms with van der Waals surface area (Å²) < 4.78 is 1.88. The summed E-state index contributed by atoms with van der Waals surface area (Å²) in [6.45, 7) is 5.97. The van der Waals surface area contributed by atoms with Gasteiger partial charge in [-0.2, -0.15) is 0 Å². The smallest absolute Gasteiger partial charge is 0.273 e. The Bertz CT molecular complexity index is 924. The highest BCUT2D eigenvalue weighted by Gasteiger charge is 2.26. The van der Waals surface area contributed by atoms with Crippen LogP contribution in [0, 0.1) is 10.1 Å². The van der Waals surface area contributed by atoms with E-state index in [9.17, 15) is 14.9 Å². The maximum absolute atomic E-state index is 12.3. The van der Waals surface area contributed by atoms with Gasteiger partial charge in [-0.15, -0.1) is 11.3 Å². The molecule has 25 heavy (non-hydrogen) atoms. The molecule has 1 aromatic carbocycles. The summed E-state index contributed by atoms with van der Waals surface area (Å²) in [5.74, 6) is -0.361. The van der Waals surface area contributed by atoms with Gasteiger partial charge in [-0.3, -0.25) is 19.3 Å². The molecular formula is C17H18N4O3S. The Hall–Kier alpha value is -2.74. The number of nitrogens with one attached hydrogen (secondary N) is 1. The molecule has 2 aromatic heterocycles. The third kappa shape index (κ3) is 3.53. The number of carbonyl (C=O) groups is 1. The average Bonchev–Trinajstić information content (AvgIpc) is 3.12. The maximum atomic E-state index is 12.3. The van der Waals surface area contributed by atoms with Crippen LogP contribution in [0.4, 0.5) is 5.69 Å². The largest absolute Gasteiger partial charge is 0.346 e. The third-order valence-electron chi connectivity index (χ3n) is 3.84. The first-order valence-corrected chi connectivity index (χ1v) is 8.62. The molecule has 8 heteroatoms. The Labute approximate surface area is 148 Å². The molecule has 0 saturated heterocycles. The molecule has 3 aromatic rings. The highest BCUT2D eigenvalue weighted by atomic mass is 32.1. The van der Waals surface area contributed by atoms with Crippen LogP contribution < -0.4 is 5.32 Å².